The molecule has 7 nitrogen and oxygen atoms in total. The minimum Gasteiger partial charge on any atom is -0.497 e. The molecule has 0 radical (unpaired) electrons. The van der Waals surface area contributed by atoms with Crippen LogP contribution in [0.4, 0.5) is 5.69 Å². The lowest BCUT2D eigenvalue weighted by molar-refractivity contribution is 0.0746. The summed E-state index contributed by atoms with van der Waals surface area (Å²) < 4.78 is 15.8. The van der Waals surface area contributed by atoms with E-state index in [1.165, 1.54) is 22.8 Å². The number of anilines is 1. The van der Waals surface area contributed by atoms with Gasteiger partial charge in [0.15, 0.2) is 5.82 Å². The van der Waals surface area contributed by atoms with Crippen LogP contribution in [0.3, 0.4) is 0 Å². The molecule has 0 saturated carbocycles. The highest BCUT2D eigenvalue weighted by Gasteiger charge is 2.23. The van der Waals surface area contributed by atoms with E-state index in [0.29, 0.717) is 41.8 Å². The Morgan fingerprint density at radius 3 is 2.54 bits per heavy atom. The van der Waals surface area contributed by atoms with E-state index in [1.54, 1.807) is 7.11 Å². The molecule has 8 heteroatoms. The van der Waals surface area contributed by atoms with E-state index in [1.807, 2.05) is 54.3 Å². The Hall–Kier alpha value is -3.91. The molecule has 190 valence electrons. The molecule has 1 aromatic heterocycles. The van der Waals surface area contributed by atoms with Gasteiger partial charge in [-0.3, -0.25) is 4.79 Å². The third-order valence-electron chi connectivity index (χ3n) is 6.60. The number of hydrogen-bond acceptors (Lipinski definition) is 7. The summed E-state index contributed by atoms with van der Waals surface area (Å²) in [6, 6.07) is 21.8. The van der Waals surface area contributed by atoms with Crippen LogP contribution in [0.15, 0.2) is 66.7 Å². The fraction of sp³-hybridized carbons (Fsp3) is 0.276. The van der Waals surface area contributed by atoms with Gasteiger partial charge in [-0.1, -0.05) is 36.4 Å². The second kappa shape index (κ2) is 11.0. The summed E-state index contributed by atoms with van der Waals surface area (Å²) in [7, 11) is 1.65. The Morgan fingerprint density at radius 2 is 1.76 bits per heavy atom. The number of benzene rings is 3. The van der Waals surface area contributed by atoms with Crippen LogP contribution in [0.25, 0.3) is 0 Å². The average molecular weight is 515 g/mol. The predicted octanol–water partition coefficient (Wildman–Crippen LogP) is 5.51. The number of carbonyl (C=O) groups excluding carboxylic acids is 1. The number of carbonyl (C=O) groups is 1. The number of amides is 1. The molecule has 0 atom stereocenters. The summed E-state index contributed by atoms with van der Waals surface area (Å²) in [4.78, 5) is 22.1. The van der Waals surface area contributed by atoms with Crippen molar-refractivity contribution >= 4 is 23.1 Å². The molecule has 0 spiro atoms. The standard InChI is InChI=1S/C29H30N4O3S/c1-20-7-4-5-10-25(20)32-13-15-33(16-14-32)28(34)23-12-11-21(2)26(19-23)36-29-30-27(31-37-29)18-22-8-6-9-24(17-22)35-3/h4-12,17,19H,13-16,18H2,1-3H3. The number of para-hydroxylation sites is 1. The minimum atomic E-state index is 0.0188. The van der Waals surface area contributed by atoms with E-state index in [4.69, 9.17) is 9.47 Å². The number of rotatable bonds is 7. The maximum absolute atomic E-state index is 13.3. The second-order valence-electron chi connectivity index (χ2n) is 9.15. The summed E-state index contributed by atoms with van der Waals surface area (Å²) in [6.45, 7) is 7.07. The molecule has 1 amide bonds. The van der Waals surface area contributed by atoms with Gasteiger partial charge in [-0.15, -0.1) is 0 Å². The summed E-state index contributed by atoms with van der Waals surface area (Å²) in [5, 5.41) is 0.456. The third kappa shape index (κ3) is 5.75. The highest BCUT2D eigenvalue weighted by molar-refractivity contribution is 7.07. The molecule has 37 heavy (non-hydrogen) atoms. The van der Waals surface area contributed by atoms with Crippen molar-refractivity contribution in [3.05, 3.63) is 94.8 Å². The Labute approximate surface area is 221 Å². The van der Waals surface area contributed by atoms with Gasteiger partial charge in [0, 0.05) is 55.4 Å². The second-order valence-corrected chi connectivity index (χ2v) is 9.87. The Bertz CT molecular complexity index is 1400. The van der Waals surface area contributed by atoms with Crippen LogP contribution in [0, 0.1) is 13.8 Å². The topological polar surface area (TPSA) is 67.8 Å². The van der Waals surface area contributed by atoms with Gasteiger partial charge in [0.25, 0.3) is 11.1 Å². The molecule has 0 unspecified atom stereocenters. The van der Waals surface area contributed by atoms with Gasteiger partial charge in [0.1, 0.15) is 11.5 Å². The molecule has 3 aromatic carbocycles. The summed E-state index contributed by atoms with van der Waals surface area (Å²) in [5.41, 5.74) is 5.11. The molecule has 5 rings (SSSR count). The van der Waals surface area contributed by atoms with Crippen LogP contribution in [-0.2, 0) is 6.42 Å². The quantitative estimate of drug-likeness (QED) is 0.324. The molecule has 0 N–H and O–H groups in total. The Morgan fingerprint density at radius 1 is 0.946 bits per heavy atom. The number of methoxy groups -OCH3 is 1. The van der Waals surface area contributed by atoms with Gasteiger partial charge in [0.2, 0.25) is 0 Å². The van der Waals surface area contributed by atoms with Crippen molar-refractivity contribution in [2.75, 3.05) is 38.2 Å². The largest absolute Gasteiger partial charge is 0.497 e. The summed E-state index contributed by atoms with van der Waals surface area (Å²) in [5.74, 6) is 2.13. The number of nitrogens with zero attached hydrogens (tertiary/aromatic N) is 4. The van der Waals surface area contributed by atoms with Gasteiger partial charge >= 0.3 is 0 Å². The zero-order valence-corrected chi connectivity index (χ0v) is 22.1. The Balaban J connectivity index is 1.23. The first kappa shape index (κ1) is 24.8. The minimum absolute atomic E-state index is 0.0188. The fourth-order valence-electron chi connectivity index (χ4n) is 4.50. The number of ether oxygens (including phenoxy) is 2. The maximum atomic E-state index is 13.3. The monoisotopic (exact) mass is 514 g/mol. The van der Waals surface area contributed by atoms with Crippen molar-refractivity contribution in [1.29, 1.82) is 0 Å². The van der Waals surface area contributed by atoms with Gasteiger partial charge < -0.3 is 19.3 Å². The molecular weight excluding hydrogens is 484 g/mol. The van der Waals surface area contributed by atoms with Crippen molar-refractivity contribution < 1.29 is 14.3 Å². The third-order valence-corrected chi connectivity index (χ3v) is 7.23. The molecule has 2 heterocycles. The van der Waals surface area contributed by atoms with Gasteiger partial charge in [-0.05, 0) is 60.9 Å². The number of piperazine rings is 1. The fourth-order valence-corrected chi connectivity index (χ4v) is 5.07. The number of aromatic nitrogens is 2. The van der Waals surface area contributed by atoms with Crippen molar-refractivity contribution in [1.82, 2.24) is 14.3 Å². The van der Waals surface area contributed by atoms with Crippen molar-refractivity contribution in [2.45, 2.75) is 20.3 Å². The molecule has 0 bridgehead atoms. The van der Waals surface area contributed by atoms with Crippen molar-refractivity contribution in [3.63, 3.8) is 0 Å². The van der Waals surface area contributed by atoms with Gasteiger partial charge in [-0.25, -0.2) is 0 Å². The molecule has 0 aliphatic carbocycles. The zero-order chi connectivity index (χ0) is 25.8. The van der Waals surface area contributed by atoms with Crippen LogP contribution >= 0.6 is 11.5 Å². The lowest BCUT2D eigenvalue weighted by Crippen LogP contribution is -2.49. The van der Waals surface area contributed by atoms with Gasteiger partial charge in [-0.2, -0.15) is 9.36 Å². The van der Waals surface area contributed by atoms with Crippen LogP contribution in [-0.4, -0.2) is 53.5 Å². The predicted molar refractivity (Wildman–Crippen MR) is 146 cm³/mol. The van der Waals surface area contributed by atoms with Crippen LogP contribution in [0.5, 0.6) is 16.7 Å². The van der Waals surface area contributed by atoms with E-state index in [-0.39, 0.29) is 5.91 Å². The molecular formula is C29H30N4O3S. The SMILES string of the molecule is COc1cccc(Cc2nsc(Oc3cc(C(=O)N4CCN(c5ccccc5C)CC4)ccc3C)n2)c1. The zero-order valence-electron chi connectivity index (χ0n) is 21.3. The van der Waals surface area contributed by atoms with E-state index in [2.05, 4.69) is 45.4 Å². The van der Waals surface area contributed by atoms with Crippen molar-refractivity contribution in [2.24, 2.45) is 0 Å². The first-order chi connectivity index (χ1) is 18.0. The average Bonchev–Trinajstić information content (AvgIpc) is 3.36. The number of aryl methyl sites for hydroxylation is 2. The molecule has 4 aromatic rings. The van der Waals surface area contributed by atoms with E-state index in [0.717, 1.165) is 30.0 Å². The summed E-state index contributed by atoms with van der Waals surface area (Å²) >= 11 is 1.21. The normalized spacial score (nSPS) is 13.5. The molecule has 1 aliphatic rings. The lowest BCUT2D eigenvalue weighted by atomic mass is 10.1. The number of hydrogen-bond donors (Lipinski definition) is 0. The highest BCUT2D eigenvalue weighted by Crippen LogP contribution is 2.29. The maximum Gasteiger partial charge on any atom is 0.298 e. The molecule has 1 aliphatic heterocycles. The van der Waals surface area contributed by atoms with Crippen molar-refractivity contribution in [3.8, 4) is 16.7 Å². The van der Waals surface area contributed by atoms with Gasteiger partial charge in [0.05, 0.1) is 7.11 Å². The first-order valence-corrected chi connectivity index (χ1v) is 13.1. The lowest BCUT2D eigenvalue weighted by Gasteiger charge is -2.36. The Kier molecular flexibility index (Phi) is 7.37. The van der Waals surface area contributed by atoms with E-state index >= 15 is 0 Å². The molecule has 1 saturated heterocycles. The first-order valence-electron chi connectivity index (χ1n) is 12.3. The smallest absolute Gasteiger partial charge is 0.298 e. The summed E-state index contributed by atoms with van der Waals surface area (Å²) in [6.07, 6.45) is 0.586. The molecule has 1 fully saturated rings. The van der Waals surface area contributed by atoms with Crippen LogP contribution in [0.1, 0.15) is 32.9 Å². The van der Waals surface area contributed by atoms with Crippen LogP contribution in [0.2, 0.25) is 0 Å². The van der Waals surface area contributed by atoms with E-state index in [9.17, 15) is 4.79 Å². The van der Waals surface area contributed by atoms with E-state index < -0.39 is 0 Å². The van der Waals surface area contributed by atoms with Crippen LogP contribution < -0.4 is 14.4 Å². The highest BCUT2D eigenvalue weighted by atomic mass is 32.1.